The number of hydrogen-bond donors (Lipinski definition) is 0. The third kappa shape index (κ3) is 6.86. The fourth-order valence-corrected chi connectivity index (χ4v) is 3.28. The molecule has 0 radical (unpaired) electrons. The third-order valence-corrected chi connectivity index (χ3v) is 4.86. The summed E-state index contributed by atoms with van der Waals surface area (Å²) in [6, 6.07) is 0. The molecule has 0 aromatic carbocycles. The van der Waals surface area contributed by atoms with E-state index in [9.17, 15) is 4.79 Å². The van der Waals surface area contributed by atoms with E-state index in [-0.39, 0.29) is 11.7 Å². The van der Waals surface area contributed by atoms with Gasteiger partial charge in [0.05, 0.1) is 12.1 Å². The third-order valence-electron chi connectivity index (χ3n) is 3.84. The first-order valence-corrected chi connectivity index (χ1v) is 9.62. The summed E-state index contributed by atoms with van der Waals surface area (Å²) in [4.78, 5) is 14.1. The summed E-state index contributed by atoms with van der Waals surface area (Å²) in [7, 11) is 0. The number of carbonyl (C=O) groups is 1. The molecule has 0 N–H and O–H groups in total. The van der Waals surface area contributed by atoms with Gasteiger partial charge in [-0.15, -0.1) is 0 Å². The average molecular weight is 378 g/mol. The maximum atomic E-state index is 12.3. The van der Waals surface area contributed by atoms with Gasteiger partial charge in [-0.1, -0.05) is 42.1 Å². The van der Waals surface area contributed by atoms with Gasteiger partial charge in [-0.2, -0.15) is 0 Å². The van der Waals surface area contributed by atoms with Gasteiger partial charge in [0.25, 0.3) is 0 Å². The van der Waals surface area contributed by atoms with Crippen LogP contribution in [0.3, 0.4) is 0 Å². The summed E-state index contributed by atoms with van der Waals surface area (Å²) in [5.41, 5.74) is -0.714. The van der Waals surface area contributed by atoms with Crippen molar-refractivity contribution in [2.75, 3.05) is 25.0 Å². The highest BCUT2D eigenvalue weighted by atomic mass is 79.9. The number of amides is 1. The van der Waals surface area contributed by atoms with Crippen LogP contribution in [0.1, 0.15) is 66.2 Å². The molecule has 4 nitrogen and oxygen atoms in total. The summed E-state index contributed by atoms with van der Waals surface area (Å²) in [5.74, 6) is 0. The summed E-state index contributed by atoms with van der Waals surface area (Å²) < 4.78 is 11.7. The zero-order valence-corrected chi connectivity index (χ0v) is 16.2. The van der Waals surface area contributed by atoms with E-state index in [1.807, 2.05) is 20.8 Å². The SMILES string of the molecule is CCCCCCOC1(CBr)CCCN(C(=O)OC(C)(C)C)C1. The topological polar surface area (TPSA) is 38.8 Å². The second kappa shape index (κ2) is 9.11. The van der Waals surface area contributed by atoms with Crippen LogP contribution >= 0.6 is 15.9 Å². The number of likely N-dealkylation sites (tertiary alicyclic amines) is 1. The van der Waals surface area contributed by atoms with Crippen LogP contribution in [-0.4, -0.2) is 47.2 Å². The Morgan fingerprint density at radius 2 is 2.00 bits per heavy atom. The van der Waals surface area contributed by atoms with E-state index >= 15 is 0 Å². The zero-order chi connectivity index (χ0) is 16.6. The van der Waals surface area contributed by atoms with E-state index in [2.05, 4.69) is 22.9 Å². The number of piperidine rings is 1. The van der Waals surface area contributed by atoms with Crippen molar-refractivity contribution >= 4 is 22.0 Å². The lowest BCUT2D eigenvalue weighted by Crippen LogP contribution is -2.53. The van der Waals surface area contributed by atoms with Crippen molar-refractivity contribution in [3.05, 3.63) is 0 Å². The largest absolute Gasteiger partial charge is 0.444 e. The van der Waals surface area contributed by atoms with Crippen LogP contribution in [0.2, 0.25) is 0 Å². The quantitative estimate of drug-likeness (QED) is 0.474. The molecule has 0 aromatic heterocycles. The number of halogens is 1. The van der Waals surface area contributed by atoms with Gasteiger partial charge in [-0.3, -0.25) is 0 Å². The van der Waals surface area contributed by atoms with Gasteiger partial charge in [0.15, 0.2) is 0 Å². The molecule has 0 aliphatic carbocycles. The second-order valence-corrected chi connectivity index (χ2v) is 7.79. The van der Waals surface area contributed by atoms with E-state index in [1.54, 1.807) is 4.90 Å². The molecule has 1 heterocycles. The Hall–Kier alpha value is -0.290. The highest BCUT2D eigenvalue weighted by molar-refractivity contribution is 9.09. The number of rotatable bonds is 7. The van der Waals surface area contributed by atoms with Gasteiger partial charge in [0.2, 0.25) is 0 Å². The fraction of sp³-hybridized carbons (Fsp3) is 0.941. The molecular weight excluding hydrogens is 346 g/mol. The molecule has 1 rings (SSSR count). The molecule has 130 valence electrons. The van der Waals surface area contributed by atoms with Crippen LogP contribution in [0.4, 0.5) is 4.79 Å². The van der Waals surface area contributed by atoms with Crippen LogP contribution in [0.25, 0.3) is 0 Å². The van der Waals surface area contributed by atoms with Crippen molar-refractivity contribution in [3.8, 4) is 0 Å². The van der Waals surface area contributed by atoms with Crippen LogP contribution in [0.15, 0.2) is 0 Å². The molecule has 1 saturated heterocycles. The molecule has 1 fully saturated rings. The second-order valence-electron chi connectivity index (χ2n) is 7.23. The number of ether oxygens (including phenoxy) is 2. The molecule has 1 amide bonds. The highest BCUT2D eigenvalue weighted by Crippen LogP contribution is 2.28. The predicted octanol–water partition coefficient (Wildman–Crippen LogP) is 4.75. The molecule has 0 saturated carbocycles. The molecule has 0 bridgehead atoms. The summed E-state index contributed by atoms with van der Waals surface area (Å²) >= 11 is 3.59. The number of hydrogen-bond acceptors (Lipinski definition) is 3. The van der Waals surface area contributed by atoms with E-state index in [1.165, 1.54) is 19.3 Å². The van der Waals surface area contributed by atoms with E-state index < -0.39 is 5.60 Å². The van der Waals surface area contributed by atoms with Crippen LogP contribution in [0.5, 0.6) is 0 Å². The first kappa shape index (κ1) is 19.8. The normalized spacial score (nSPS) is 22.7. The molecule has 1 unspecified atom stereocenters. The lowest BCUT2D eigenvalue weighted by Gasteiger charge is -2.42. The summed E-state index contributed by atoms with van der Waals surface area (Å²) in [6.45, 7) is 10.0. The minimum Gasteiger partial charge on any atom is -0.444 e. The van der Waals surface area contributed by atoms with E-state index in [0.717, 1.165) is 37.7 Å². The Morgan fingerprint density at radius 1 is 1.27 bits per heavy atom. The maximum Gasteiger partial charge on any atom is 0.410 e. The Kier molecular flexibility index (Phi) is 8.19. The zero-order valence-electron chi connectivity index (χ0n) is 14.6. The van der Waals surface area contributed by atoms with Gasteiger partial charge < -0.3 is 14.4 Å². The molecular formula is C17H32BrNO3. The minimum atomic E-state index is -0.452. The molecule has 5 heteroatoms. The van der Waals surface area contributed by atoms with E-state index in [0.29, 0.717) is 6.54 Å². The first-order chi connectivity index (χ1) is 10.3. The summed E-state index contributed by atoms with van der Waals surface area (Å²) in [5, 5.41) is 0.757. The molecule has 22 heavy (non-hydrogen) atoms. The Morgan fingerprint density at radius 3 is 2.59 bits per heavy atom. The lowest BCUT2D eigenvalue weighted by atomic mass is 9.95. The molecule has 1 atom stereocenters. The molecule has 1 aliphatic heterocycles. The lowest BCUT2D eigenvalue weighted by molar-refractivity contribution is -0.0768. The van der Waals surface area contributed by atoms with Crippen molar-refractivity contribution in [2.45, 2.75) is 77.4 Å². The van der Waals surface area contributed by atoms with Gasteiger partial charge in [-0.25, -0.2) is 4.79 Å². The number of carbonyl (C=O) groups excluding carboxylic acids is 1. The number of unbranched alkanes of at least 4 members (excludes halogenated alkanes) is 3. The van der Waals surface area contributed by atoms with Crippen LogP contribution in [-0.2, 0) is 9.47 Å². The Labute approximate surface area is 144 Å². The fourth-order valence-electron chi connectivity index (χ4n) is 2.66. The Balaban J connectivity index is 2.51. The highest BCUT2D eigenvalue weighted by Gasteiger charge is 2.38. The van der Waals surface area contributed by atoms with Crippen molar-refractivity contribution in [1.29, 1.82) is 0 Å². The predicted molar refractivity (Wildman–Crippen MR) is 93.7 cm³/mol. The van der Waals surface area contributed by atoms with Gasteiger partial charge >= 0.3 is 6.09 Å². The average Bonchev–Trinajstić information content (AvgIpc) is 2.45. The molecule has 1 aliphatic rings. The van der Waals surface area contributed by atoms with E-state index in [4.69, 9.17) is 9.47 Å². The summed E-state index contributed by atoms with van der Waals surface area (Å²) in [6.07, 6.45) is 6.52. The van der Waals surface area contributed by atoms with Crippen molar-refractivity contribution in [2.24, 2.45) is 0 Å². The van der Waals surface area contributed by atoms with Crippen molar-refractivity contribution in [1.82, 2.24) is 4.90 Å². The standard InChI is InChI=1S/C17H32BrNO3/c1-5-6-7-8-12-21-17(13-18)10-9-11-19(14-17)15(20)22-16(2,3)4/h5-14H2,1-4H3. The van der Waals surface area contributed by atoms with Gasteiger partial charge in [0, 0.05) is 18.5 Å². The smallest absolute Gasteiger partial charge is 0.410 e. The van der Waals surface area contributed by atoms with Crippen molar-refractivity contribution < 1.29 is 14.3 Å². The molecule has 0 aromatic rings. The van der Waals surface area contributed by atoms with Crippen LogP contribution in [0, 0.1) is 0 Å². The number of nitrogens with zero attached hydrogens (tertiary/aromatic N) is 1. The number of alkyl halides is 1. The van der Waals surface area contributed by atoms with Gasteiger partial charge in [0.1, 0.15) is 5.60 Å². The Bertz CT molecular complexity index is 343. The first-order valence-electron chi connectivity index (χ1n) is 8.50. The minimum absolute atomic E-state index is 0.230. The molecule has 0 spiro atoms. The maximum absolute atomic E-state index is 12.3. The van der Waals surface area contributed by atoms with Crippen molar-refractivity contribution in [3.63, 3.8) is 0 Å². The van der Waals surface area contributed by atoms with Gasteiger partial charge in [-0.05, 0) is 40.0 Å². The van der Waals surface area contributed by atoms with Crippen LogP contribution < -0.4 is 0 Å². The monoisotopic (exact) mass is 377 g/mol.